The van der Waals surface area contributed by atoms with Gasteiger partial charge >= 0.3 is 0 Å². The van der Waals surface area contributed by atoms with E-state index in [1.807, 2.05) is 48.5 Å². The van der Waals surface area contributed by atoms with Crippen LogP contribution in [0.15, 0.2) is 48.5 Å². The van der Waals surface area contributed by atoms with Crippen LogP contribution in [0.5, 0.6) is 11.5 Å². The molecule has 0 aromatic heterocycles. The molecule has 2 amide bonds. The van der Waals surface area contributed by atoms with Crippen LogP contribution in [0, 0.1) is 5.92 Å². The summed E-state index contributed by atoms with van der Waals surface area (Å²) >= 11 is 0. The van der Waals surface area contributed by atoms with Crippen LogP contribution in [0.25, 0.3) is 0 Å². The molecule has 3 rings (SSSR count). The number of hydrogen-bond acceptors (Lipinski definition) is 4. The van der Waals surface area contributed by atoms with Crippen molar-refractivity contribution >= 4 is 17.5 Å². The Labute approximate surface area is 165 Å². The van der Waals surface area contributed by atoms with E-state index in [4.69, 9.17) is 9.47 Å². The Morgan fingerprint density at radius 1 is 1.11 bits per heavy atom. The predicted molar refractivity (Wildman–Crippen MR) is 108 cm³/mol. The third-order valence-electron chi connectivity index (χ3n) is 5.16. The Morgan fingerprint density at radius 2 is 1.82 bits per heavy atom. The first-order chi connectivity index (χ1) is 13.5. The van der Waals surface area contributed by atoms with Crippen molar-refractivity contribution in [1.29, 1.82) is 0 Å². The van der Waals surface area contributed by atoms with Gasteiger partial charge in [0.1, 0.15) is 0 Å². The summed E-state index contributed by atoms with van der Waals surface area (Å²) in [5, 5.41) is 0. The molecule has 148 valence electrons. The molecule has 2 aromatic carbocycles. The van der Waals surface area contributed by atoms with Crippen LogP contribution in [-0.4, -0.2) is 51.1 Å². The van der Waals surface area contributed by atoms with Gasteiger partial charge in [0.15, 0.2) is 11.5 Å². The number of para-hydroxylation sites is 1. The van der Waals surface area contributed by atoms with Gasteiger partial charge in [-0.2, -0.15) is 0 Å². The maximum Gasteiger partial charge on any atom is 0.232 e. The van der Waals surface area contributed by atoms with Crippen LogP contribution in [0.3, 0.4) is 0 Å². The monoisotopic (exact) mass is 382 g/mol. The van der Waals surface area contributed by atoms with Gasteiger partial charge < -0.3 is 19.3 Å². The van der Waals surface area contributed by atoms with E-state index >= 15 is 0 Å². The molecule has 1 atom stereocenters. The highest BCUT2D eigenvalue weighted by molar-refractivity contribution is 5.98. The van der Waals surface area contributed by atoms with Crippen LogP contribution >= 0.6 is 0 Å². The number of amides is 2. The van der Waals surface area contributed by atoms with E-state index in [0.29, 0.717) is 31.0 Å². The minimum Gasteiger partial charge on any atom is -0.493 e. The Balaban J connectivity index is 1.60. The maximum atomic E-state index is 12.8. The average Bonchev–Trinajstić information content (AvgIpc) is 3.12. The van der Waals surface area contributed by atoms with Crippen molar-refractivity contribution in [2.45, 2.75) is 12.8 Å². The maximum absolute atomic E-state index is 12.8. The van der Waals surface area contributed by atoms with Crippen LogP contribution in [0.4, 0.5) is 5.69 Å². The minimum atomic E-state index is -0.303. The highest BCUT2D eigenvalue weighted by Gasteiger charge is 2.35. The van der Waals surface area contributed by atoms with Gasteiger partial charge in [0.2, 0.25) is 11.8 Å². The number of methoxy groups -OCH3 is 2. The number of hydrogen-bond donors (Lipinski definition) is 0. The minimum absolute atomic E-state index is 0.0202. The zero-order valence-corrected chi connectivity index (χ0v) is 16.6. The van der Waals surface area contributed by atoms with Gasteiger partial charge in [-0.15, -0.1) is 0 Å². The van der Waals surface area contributed by atoms with Gasteiger partial charge in [0.05, 0.1) is 20.1 Å². The van der Waals surface area contributed by atoms with Gasteiger partial charge in [-0.3, -0.25) is 9.59 Å². The molecule has 0 aliphatic carbocycles. The highest BCUT2D eigenvalue weighted by atomic mass is 16.5. The van der Waals surface area contributed by atoms with Crippen molar-refractivity contribution in [1.82, 2.24) is 4.90 Å². The third kappa shape index (κ3) is 4.27. The Morgan fingerprint density at radius 3 is 2.50 bits per heavy atom. The zero-order chi connectivity index (χ0) is 20.1. The molecule has 28 heavy (non-hydrogen) atoms. The van der Waals surface area contributed by atoms with E-state index in [9.17, 15) is 9.59 Å². The molecule has 2 aromatic rings. The summed E-state index contributed by atoms with van der Waals surface area (Å²) in [7, 11) is 4.96. The molecule has 0 N–H and O–H groups in total. The van der Waals surface area contributed by atoms with Crippen molar-refractivity contribution in [2.75, 3.05) is 39.3 Å². The first kappa shape index (κ1) is 19.7. The predicted octanol–water partition coefficient (Wildman–Crippen LogP) is 2.76. The molecule has 0 saturated carbocycles. The van der Waals surface area contributed by atoms with Gasteiger partial charge in [-0.05, 0) is 36.2 Å². The number of benzene rings is 2. The topological polar surface area (TPSA) is 59.1 Å². The van der Waals surface area contributed by atoms with Crippen LogP contribution in [0.1, 0.15) is 12.0 Å². The molecule has 1 fully saturated rings. The summed E-state index contributed by atoms with van der Waals surface area (Å²) in [6.07, 6.45) is 0.962. The summed E-state index contributed by atoms with van der Waals surface area (Å²) in [4.78, 5) is 28.6. The molecule has 6 heteroatoms. The Hall–Kier alpha value is -3.02. The summed E-state index contributed by atoms with van der Waals surface area (Å²) < 4.78 is 10.6. The molecule has 1 aliphatic heterocycles. The van der Waals surface area contributed by atoms with E-state index in [-0.39, 0.29) is 24.2 Å². The standard InChI is InChI=1S/C22H26N2O4/c1-23(18-7-5-4-6-8-18)22(26)17-14-21(25)24(15-17)12-11-16-9-10-19(27-2)20(13-16)28-3/h4-10,13,17H,11-12,14-15H2,1-3H3/t17-/m1/s1. The molecular formula is C22H26N2O4. The van der Waals surface area contributed by atoms with Crippen molar-refractivity contribution in [2.24, 2.45) is 5.92 Å². The molecule has 0 radical (unpaired) electrons. The summed E-state index contributed by atoms with van der Waals surface area (Å²) in [6, 6.07) is 15.2. The van der Waals surface area contributed by atoms with E-state index in [1.165, 1.54) is 0 Å². The lowest BCUT2D eigenvalue weighted by molar-refractivity contribution is -0.128. The number of nitrogens with zero attached hydrogens (tertiary/aromatic N) is 2. The molecular weight excluding hydrogens is 356 g/mol. The first-order valence-electron chi connectivity index (χ1n) is 9.34. The fraction of sp³-hybridized carbons (Fsp3) is 0.364. The lowest BCUT2D eigenvalue weighted by Gasteiger charge is -2.21. The largest absolute Gasteiger partial charge is 0.493 e. The number of ether oxygens (including phenoxy) is 2. The average molecular weight is 382 g/mol. The lowest BCUT2D eigenvalue weighted by atomic mass is 10.1. The summed E-state index contributed by atoms with van der Waals surface area (Å²) in [6.45, 7) is 1.04. The van der Waals surface area contributed by atoms with Crippen molar-refractivity contribution < 1.29 is 19.1 Å². The van der Waals surface area contributed by atoms with E-state index in [1.54, 1.807) is 31.1 Å². The normalized spacial score (nSPS) is 16.2. The first-order valence-corrected chi connectivity index (χ1v) is 9.34. The number of anilines is 1. The second-order valence-electron chi connectivity index (χ2n) is 6.91. The Bertz CT molecular complexity index is 838. The molecule has 6 nitrogen and oxygen atoms in total. The van der Waals surface area contributed by atoms with Gasteiger partial charge in [0, 0.05) is 32.2 Å². The molecule has 1 heterocycles. The fourth-order valence-electron chi connectivity index (χ4n) is 3.51. The summed E-state index contributed by atoms with van der Waals surface area (Å²) in [5.41, 5.74) is 1.89. The molecule has 0 unspecified atom stereocenters. The molecule has 1 saturated heterocycles. The van der Waals surface area contributed by atoms with Crippen LogP contribution in [0.2, 0.25) is 0 Å². The Kier molecular flexibility index (Phi) is 6.19. The van der Waals surface area contributed by atoms with Crippen molar-refractivity contribution in [3.8, 4) is 11.5 Å². The number of likely N-dealkylation sites (tertiary alicyclic amines) is 1. The van der Waals surface area contributed by atoms with Gasteiger partial charge in [-0.25, -0.2) is 0 Å². The van der Waals surface area contributed by atoms with E-state index in [2.05, 4.69) is 0 Å². The highest BCUT2D eigenvalue weighted by Crippen LogP contribution is 2.28. The van der Waals surface area contributed by atoms with E-state index < -0.39 is 0 Å². The van der Waals surface area contributed by atoms with Gasteiger partial charge in [0.25, 0.3) is 0 Å². The van der Waals surface area contributed by atoms with Crippen LogP contribution in [-0.2, 0) is 16.0 Å². The van der Waals surface area contributed by atoms with Crippen LogP contribution < -0.4 is 14.4 Å². The summed E-state index contributed by atoms with van der Waals surface area (Å²) in [5.74, 6) is 1.06. The fourth-order valence-corrected chi connectivity index (χ4v) is 3.51. The number of carbonyl (C=O) groups is 2. The third-order valence-corrected chi connectivity index (χ3v) is 5.16. The molecule has 1 aliphatic rings. The molecule has 0 spiro atoms. The second-order valence-corrected chi connectivity index (χ2v) is 6.91. The smallest absolute Gasteiger partial charge is 0.232 e. The number of carbonyl (C=O) groups excluding carboxylic acids is 2. The SMILES string of the molecule is COc1ccc(CCN2C[C@H](C(=O)N(C)c3ccccc3)CC2=O)cc1OC. The second kappa shape index (κ2) is 8.78. The molecule has 0 bridgehead atoms. The number of rotatable bonds is 7. The van der Waals surface area contributed by atoms with Gasteiger partial charge in [-0.1, -0.05) is 24.3 Å². The lowest BCUT2D eigenvalue weighted by Crippen LogP contribution is -2.35. The zero-order valence-electron chi connectivity index (χ0n) is 16.6. The van der Waals surface area contributed by atoms with E-state index in [0.717, 1.165) is 11.3 Å². The quantitative estimate of drug-likeness (QED) is 0.739. The van der Waals surface area contributed by atoms with Crippen molar-refractivity contribution in [3.63, 3.8) is 0 Å². The van der Waals surface area contributed by atoms with Crippen molar-refractivity contribution in [3.05, 3.63) is 54.1 Å².